The smallest absolute Gasteiger partial charge is 0.355 e. The third-order valence-corrected chi connectivity index (χ3v) is 4.62. The Morgan fingerprint density at radius 2 is 1.88 bits per heavy atom. The van der Waals surface area contributed by atoms with Crippen LogP contribution in [0, 0.1) is 0 Å². The Labute approximate surface area is 152 Å². The first-order chi connectivity index (χ1) is 12.5. The second-order valence-corrected chi connectivity index (χ2v) is 6.63. The molecular formula is C19H23N3O4. The number of hydrogen-bond donors (Lipinski definition) is 1. The first kappa shape index (κ1) is 18.1. The highest BCUT2D eigenvalue weighted by molar-refractivity contribution is 6.38. The third-order valence-electron chi connectivity index (χ3n) is 4.62. The van der Waals surface area contributed by atoms with E-state index in [0.717, 1.165) is 25.7 Å². The predicted molar refractivity (Wildman–Crippen MR) is 96.5 cm³/mol. The molecule has 1 aliphatic heterocycles. The van der Waals surface area contributed by atoms with E-state index in [2.05, 4.69) is 10.4 Å². The summed E-state index contributed by atoms with van der Waals surface area (Å²) in [6.07, 6.45) is 3.64. The molecule has 1 atom stereocenters. The molecule has 1 saturated carbocycles. The van der Waals surface area contributed by atoms with Crippen molar-refractivity contribution in [3.63, 3.8) is 0 Å². The number of ether oxygens (including phenoxy) is 1. The minimum Gasteiger partial charge on any atom is -0.448 e. The standard InChI is InChI=1S/C19H23N3O4/c1-13(18(24)20-14-7-5-6-8-14)26-19(25)16-11-12-17(23)22(21-16)15-9-3-2-4-10-15/h2-4,9-10,13-14H,5-8,11-12H2,1H3,(H,20,24)/t13-/m0/s1. The maximum absolute atomic E-state index is 12.4. The number of nitrogens with one attached hydrogen (secondary N) is 1. The Balaban J connectivity index is 1.62. The van der Waals surface area contributed by atoms with Gasteiger partial charge in [-0.15, -0.1) is 0 Å². The number of carbonyl (C=O) groups excluding carboxylic acids is 3. The van der Waals surface area contributed by atoms with Crippen LogP contribution in [0.3, 0.4) is 0 Å². The molecule has 1 aliphatic carbocycles. The highest BCUT2D eigenvalue weighted by Gasteiger charge is 2.29. The number of hydrazone groups is 1. The first-order valence-electron chi connectivity index (χ1n) is 9.01. The van der Waals surface area contributed by atoms with Crippen molar-refractivity contribution >= 4 is 29.2 Å². The van der Waals surface area contributed by atoms with Crippen LogP contribution in [0.1, 0.15) is 45.4 Å². The molecule has 0 radical (unpaired) electrons. The van der Waals surface area contributed by atoms with Crippen molar-refractivity contribution in [3.8, 4) is 0 Å². The summed E-state index contributed by atoms with van der Waals surface area (Å²) in [6.45, 7) is 1.55. The highest BCUT2D eigenvalue weighted by Crippen LogP contribution is 2.20. The van der Waals surface area contributed by atoms with Gasteiger partial charge in [0, 0.05) is 18.9 Å². The van der Waals surface area contributed by atoms with Gasteiger partial charge in [0.2, 0.25) is 5.91 Å². The lowest BCUT2D eigenvalue weighted by molar-refractivity contribution is -0.149. The monoisotopic (exact) mass is 357 g/mol. The largest absolute Gasteiger partial charge is 0.448 e. The van der Waals surface area contributed by atoms with E-state index >= 15 is 0 Å². The fourth-order valence-corrected chi connectivity index (χ4v) is 3.14. The molecular weight excluding hydrogens is 334 g/mol. The molecule has 26 heavy (non-hydrogen) atoms. The zero-order chi connectivity index (χ0) is 18.5. The van der Waals surface area contributed by atoms with E-state index in [1.807, 2.05) is 6.07 Å². The van der Waals surface area contributed by atoms with Crippen molar-refractivity contribution in [1.82, 2.24) is 5.32 Å². The number of rotatable bonds is 5. The van der Waals surface area contributed by atoms with Crippen LogP contribution in [-0.4, -0.2) is 35.6 Å². The summed E-state index contributed by atoms with van der Waals surface area (Å²) in [6, 6.07) is 9.07. The topological polar surface area (TPSA) is 88.1 Å². The number of nitrogens with zero attached hydrogens (tertiary/aromatic N) is 2. The quantitative estimate of drug-likeness (QED) is 0.818. The molecule has 1 fully saturated rings. The summed E-state index contributed by atoms with van der Waals surface area (Å²) in [5.41, 5.74) is 0.739. The van der Waals surface area contributed by atoms with Crippen LogP contribution in [0.25, 0.3) is 0 Å². The predicted octanol–water partition coefficient (Wildman–Crippen LogP) is 2.16. The Kier molecular flexibility index (Phi) is 5.65. The van der Waals surface area contributed by atoms with Crippen LogP contribution in [0.5, 0.6) is 0 Å². The van der Waals surface area contributed by atoms with Crippen LogP contribution in [-0.2, 0) is 19.1 Å². The van der Waals surface area contributed by atoms with Crippen molar-refractivity contribution in [2.24, 2.45) is 5.10 Å². The van der Waals surface area contributed by atoms with Gasteiger partial charge in [0.15, 0.2) is 6.10 Å². The van der Waals surface area contributed by atoms with Gasteiger partial charge in [-0.2, -0.15) is 5.10 Å². The molecule has 0 unspecified atom stereocenters. The average Bonchev–Trinajstić information content (AvgIpc) is 3.15. The molecule has 2 amide bonds. The van der Waals surface area contributed by atoms with Crippen LogP contribution < -0.4 is 10.3 Å². The number of hydrogen-bond acceptors (Lipinski definition) is 5. The van der Waals surface area contributed by atoms with E-state index in [1.165, 1.54) is 5.01 Å². The minimum absolute atomic E-state index is 0.147. The molecule has 0 bridgehead atoms. The molecule has 1 aromatic rings. The van der Waals surface area contributed by atoms with E-state index in [0.29, 0.717) is 5.69 Å². The van der Waals surface area contributed by atoms with Crippen molar-refractivity contribution in [2.75, 3.05) is 5.01 Å². The molecule has 0 aromatic heterocycles. The lowest BCUT2D eigenvalue weighted by Gasteiger charge is -2.23. The number of anilines is 1. The van der Waals surface area contributed by atoms with Gasteiger partial charge in [-0.3, -0.25) is 9.59 Å². The maximum Gasteiger partial charge on any atom is 0.355 e. The van der Waals surface area contributed by atoms with Gasteiger partial charge in [-0.1, -0.05) is 31.0 Å². The Morgan fingerprint density at radius 1 is 1.19 bits per heavy atom. The van der Waals surface area contributed by atoms with Crippen LogP contribution in [0.4, 0.5) is 5.69 Å². The summed E-state index contributed by atoms with van der Waals surface area (Å²) in [4.78, 5) is 36.6. The lowest BCUT2D eigenvalue weighted by atomic mass is 10.1. The van der Waals surface area contributed by atoms with E-state index < -0.39 is 12.1 Å². The molecule has 7 nitrogen and oxygen atoms in total. The van der Waals surface area contributed by atoms with E-state index in [4.69, 9.17) is 4.74 Å². The Hall–Kier alpha value is -2.70. The zero-order valence-corrected chi connectivity index (χ0v) is 14.8. The fraction of sp³-hybridized carbons (Fsp3) is 0.474. The minimum atomic E-state index is -0.895. The second-order valence-electron chi connectivity index (χ2n) is 6.63. The lowest BCUT2D eigenvalue weighted by Crippen LogP contribution is -2.42. The molecule has 0 spiro atoms. The normalized spacial score (nSPS) is 19.0. The van der Waals surface area contributed by atoms with Crippen LogP contribution in [0.2, 0.25) is 0 Å². The molecule has 7 heteroatoms. The van der Waals surface area contributed by atoms with Gasteiger partial charge in [-0.05, 0) is 31.9 Å². The molecule has 2 aliphatic rings. The third kappa shape index (κ3) is 4.28. The summed E-state index contributed by atoms with van der Waals surface area (Å²) in [5.74, 6) is -1.13. The fourth-order valence-electron chi connectivity index (χ4n) is 3.14. The van der Waals surface area contributed by atoms with Crippen LogP contribution >= 0.6 is 0 Å². The van der Waals surface area contributed by atoms with Gasteiger partial charge in [0.05, 0.1) is 5.69 Å². The van der Waals surface area contributed by atoms with E-state index in [1.54, 1.807) is 31.2 Å². The number of esters is 1. The Bertz CT molecular complexity index is 711. The number of benzene rings is 1. The van der Waals surface area contributed by atoms with Gasteiger partial charge < -0.3 is 10.1 Å². The van der Waals surface area contributed by atoms with Gasteiger partial charge in [0.25, 0.3) is 5.91 Å². The van der Waals surface area contributed by atoms with Gasteiger partial charge >= 0.3 is 5.97 Å². The highest BCUT2D eigenvalue weighted by atomic mass is 16.5. The molecule has 0 saturated heterocycles. The SMILES string of the molecule is C[C@H](OC(=O)C1=NN(c2ccccc2)C(=O)CC1)C(=O)NC1CCCC1. The zero-order valence-electron chi connectivity index (χ0n) is 14.8. The van der Waals surface area contributed by atoms with Gasteiger partial charge in [0.1, 0.15) is 5.71 Å². The number of carbonyl (C=O) groups is 3. The van der Waals surface area contributed by atoms with Crippen molar-refractivity contribution in [2.45, 2.75) is 57.6 Å². The summed E-state index contributed by atoms with van der Waals surface area (Å²) in [7, 11) is 0. The van der Waals surface area contributed by atoms with E-state index in [-0.39, 0.29) is 36.4 Å². The number of amides is 2. The second kappa shape index (κ2) is 8.12. The van der Waals surface area contributed by atoms with Crippen molar-refractivity contribution in [3.05, 3.63) is 30.3 Å². The number of para-hydroxylation sites is 1. The summed E-state index contributed by atoms with van der Waals surface area (Å²) < 4.78 is 5.26. The molecule has 138 valence electrons. The summed E-state index contributed by atoms with van der Waals surface area (Å²) in [5, 5.41) is 8.26. The maximum atomic E-state index is 12.4. The first-order valence-corrected chi connectivity index (χ1v) is 9.01. The molecule has 1 aromatic carbocycles. The van der Waals surface area contributed by atoms with E-state index in [9.17, 15) is 14.4 Å². The van der Waals surface area contributed by atoms with Crippen LogP contribution in [0.15, 0.2) is 35.4 Å². The van der Waals surface area contributed by atoms with Crippen molar-refractivity contribution in [1.29, 1.82) is 0 Å². The molecule has 1 N–H and O–H groups in total. The molecule has 3 rings (SSSR count). The summed E-state index contributed by atoms with van der Waals surface area (Å²) >= 11 is 0. The average molecular weight is 357 g/mol. The van der Waals surface area contributed by atoms with Crippen molar-refractivity contribution < 1.29 is 19.1 Å². The van der Waals surface area contributed by atoms with Gasteiger partial charge in [-0.25, -0.2) is 9.80 Å². The molecule has 1 heterocycles. The Morgan fingerprint density at radius 3 is 2.58 bits per heavy atom.